The van der Waals surface area contributed by atoms with Gasteiger partial charge in [-0.2, -0.15) is 0 Å². The van der Waals surface area contributed by atoms with Crippen molar-refractivity contribution >= 4 is 5.97 Å². The van der Waals surface area contributed by atoms with E-state index in [1.165, 1.54) is 6.92 Å². The molecule has 0 bridgehead atoms. The molecule has 0 aromatic carbocycles. The monoisotopic (exact) mass is 122 g/mol. The van der Waals surface area contributed by atoms with Gasteiger partial charge in [0.2, 0.25) is 0 Å². The van der Waals surface area contributed by atoms with Gasteiger partial charge in [-0.1, -0.05) is 0 Å². The minimum atomic E-state index is -0.923. The zero-order valence-corrected chi connectivity index (χ0v) is 4.52. The number of rotatable bonds is 3. The van der Waals surface area contributed by atoms with Gasteiger partial charge in [0.25, 0.3) is 0 Å². The van der Waals surface area contributed by atoms with Crippen LogP contribution in [0.3, 0.4) is 0 Å². The third-order valence-corrected chi connectivity index (χ3v) is 0.423. The zero-order valence-electron chi connectivity index (χ0n) is 4.52. The normalized spacial score (nSPS) is 8.75. The van der Waals surface area contributed by atoms with E-state index in [2.05, 4.69) is 9.47 Å². The van der Waals surface area contributed by atoms with Gasteiger partial charge in [-0.3, -0.25) is 4.79 Å². The molecule has 8 heavy (non-hydrogen) atoms. The van der Waals surface area contributed by atoms with Crippen molar-refractivity contribution in [1.82, 2.24) is 0 Å². The molecule has 0 saturated carbocycles. The second kappa shape index (κ2) is 4.52. The first kappa shape index (κ1) is 7.36. The standard InChI is InChI=1S/C4H7FO3/c1-4(6)8-3-7-2-5/h2-3H2,1H3. The van der Waals surface area contributed by atoms with Crippen LogP contribution in [0, 0.1) is 0 Å². The topological polar surface area (TPSA) is 35.5 Å². The number of hydrogen-bond acceptors (Lipinski definition) is 3. The van der Waals surface area contributed by atoms with Crippen molar-refractivity contribution in [2.75, 3.05) is 13.7 Å². The number of halogens is 1. The first-order valence-electron chi connectivity index (χ1n) is 2.04. The van der Waals surface area contributed by atoms with E-state index in [-0.39, 0.29) is 6.79 Å². The Morgan fingerprint density at radius 2 is 2.38 bits per heavy atom. The number of carbonyl (C=O) groups is 1. The molecule has 4 heteroatoms. The van der Waals surface area contributed by atoms with E-state index >= 15 is 0 Å². The number of alkyl halides is 1. The fourth-order valence-corrected chi connectivity index (χ4v) is 0.156. The van der Waals surface area contributed by atoms with Crippen molar-refractivity contribution in [3.63, 3.8) is 0 Å². The van der Waals surface area contributed by atoms with Crippen molar-refractivity contribution in [3.05, 3.63) is 0 Å². The summed E-state index contributed by atoms with van der Waals surface area (Å²) in [5.74, 6) is -0.474. The number of esters is 1. The Hall–Kier alpha value is -0.640. The Bertz CT molecular complexity index is 73.7. The molecule has 0 aliphatic carbocycles. The average Bonchev–Trinajstić information content (AvgIpc) is 1.66. The molecule has 0 N–H and O–H groups in total. The molecule has 48 valence electrons. The Kier molecular flexibility index (Phi) is 4.16. The molecule has 0 amide bonds. The van der Waals surface area contributed by atoms with Crippen LogP contribution in [-0.4, -0.2) is 19.6 Å². The molecule has 0 spiro atoms. The molecule has 0 aromatic heterocycles. The van der Waals surface area contributed by atoms with Gasteiger partial charge in [0.1, 0.15) is 0 Å². The molecular formula is C4H7FO3. The third kappa shape index (κ3) is 5.36. The van der Waals surface area contributed by atoms with Gasteiger partial charge in [0.15, 0.2) is 13.7 Å². The van der Waals surface area contributed by atoms with E-state index in [1.807, 2.05) is 0 Å². The molecule has 0 atom stereocenters. The Morgan fingerprint density at radius 1 is 1.75 bits per heavy atom. The van der Waals surface area contributed by atoms with Crippen molar-refractivity contribution in [2.45, 2.75) is 6.92 Å². The van der Waals surface area contributed by atoms with Crippen LogP contribution in [0.4, 0.5) is 4.39 Å². The predicted molar refractivity (Wildman–Crippen MR) is 23.7 cm³/mol. The minimum Gasteiger partial charge on any atom is -0.439 e. The van der Waals surface area contributed by atoms with E-state index in [0.29, 0.717) is 0 Å². The van der Waals surface area contributed by atoms with E-state index in [0.717, 1.165) is 0 Å². The maximum absolute atomic E-state index is 11.0. The highest BCUT2D eigenvalue weighted by molar-refractivity contribution is 5.65. The molecule has 3 nitrogen and oxygen atoms in total. The summed E-state index contributed by atoms with van der Waals surface area (Å²) in [4.78, 5) is 9.89. The fourth-order valence-electron chi connectivity index (χ4n) is 0.156. The van der Waals surface area contributed by atoms with Crippen molar-refractivity contribution < 1.29 is 18.7 Å². The molecule has 0 saturated heterocycles. The summed E-state index contributed by atoms with van der Waals surface area (Å²) in [6.45, 7) is 0.000699. The molecule has 0 aliphatic heterocycles. The maximum atomic E-state index is 11.0. The summed E-state index contributed by atoms with van der Waals surface area (Å²) in [6.07, 6.45) is 0. The smallest absolute Gasteiger partial charge is 0.304 e. The molecule has 0 unspecified atom stereocenters. The van der Waals surface area contributed by atoms with E-state index < -0.39 is 12.8 Å². The maximum Gasteiger partial charge on any atom is 0.304 e. The predicted octanol–water partition coefficient (Wildman–Crippen LogP) is 0.451. The SMILES string of the molecule is CC(=O)OCOCF. The molecule has 0 aliphatic rings. The van der Waals surface area contributed by atoms with Gasteiger partial charge in [0, 0.05) is 6.92 Å². The Balaban J connectivity index is 2.82. The van der Waals surface area contributed by atoms with Crippen molar-refractivity contribution in [3.8, 4) is 0 Å². The summed E-state index contributed by atoms with van der Waals surface area (Å²) in [7, 11) is 0. The van der Waals surface area contributed by atoms with Crippen molar-refractivity contribution in [1.29, 1.82) is 0 Å². The van der Waals surface area contributed by atoms with Crippen LogP contribution in [0.5, 0.6) is 0 Å². The third-order valence-electron chi connectivity index (χ3n) is 0.423. The quantitative estimate of drug-likeness (QED) is 0.309. The highest BCUT2D eigenvalue weighted by atomic mass is 19.1. The lowest BCUT2D eigenvalue weighted by atomic mass is 10.8. The molecule has 0 aromatic rings. The lowest BCUT2D eigenvalue weighted by Crippen LogP contribution is -2.03. The first-order valence-corrected chi connectivity index (χ1v) is 2.04. The molecule has 0 fully saturated rings. The molecule has 0 rings (SSSR count). The number of carbonyl (C=O) groups excluding carboxylic acids is 1. The zero-order chi connectivity index (χ0) is 6.41. The minimum absolute atomic E-state index is 0.300. The lowest BCUT2D eigenvalue weighted by Gasteiger charge is -1.96. The summed E-state index contributed by atoms with van der Waals surface area (Å²) >= 11 is 0. The van der Waals surface area contributed by atoms with Crippen LogP contribution in [0.25, 0.3) is 0 Å². The van der Waals surface area contributed by atoms with Crippen LogP contribution in [-0.2, 0) is 14.3 Å². The lowest BCUT2D eigenvalue weighted by molar-refractivity contribution is -0.156. The highest BCUT2D eigenvalue weighted by Gasteiger charge is 1.88. The first-order chi connectivity index (χ1) is 3.77. The van der Waals surface area contributed by atoms with Gasteiger partial charge in [0.05, 0.1) is 0 Å². The largest absolute Gasteiger partial charge is 0.439 e. The van der Waals surface area contributed by atoms with E-state index in [4.69, 9.17) is 0 Å². The van der Waals surface area contributed by atoms with E-state index in [1.54, 1.807) is 0 Å². The fraction of sp³-hybridized carbons (Fsp3) is 0.750. The average molecular weight is 122 g/mol. The van der Waals surface area contributed by atoms with Gasteiger partial charge in [-0.15, -0.1) is 0 Å². The van der Waals surface area contributed by atoms with Gasteiger partial charge in [-0.05, 0) is 0 Å². The van der Waals surface area contributed by atoms with Crippen LogP contribution in [0.2, 0.25) is 0 Å². The van der Waals surface area contributed by atoms with Crippen LogP contribution >= 0.6 is 0 Å². The summed E-state index contributed by atoms with van der Waals surface area (Å²) < 4.78 is 19.2. The number of ether oxygens (including phenoxy) is 2. The second-order valence-corrected chi connectivity index (χ2v) is 1.07. The Morgan fingerprint density at radius 3 is 2.75 bits per heavy atom. The Labute approximate surface area is 46.4 Å². The number of hydrogen-bond donors (Lipinski definition) is 0. The molecule has 0 radical (unpaired) electrons. The van der Waals surface area contributed by atoms with Gasteiger partial charge >= 0.3 is 5.97 Å². The van der Waals surface area contributed by atoms with Crippen molar-refractivity contribution in [2.24, 2.45) is 0 Å². The van der Waals surface area contributed by atoms with Crippen LogP contribution in [0.15, 0.2) is 0 Å². The van der Waals surface area contributed by atoms with Gasteiger partial charge in [-0.25, -0.2) is 4.39 Å². The molecular weight excluding hydrogens is 115 g/mol. The van der Waals surface area contributed by atoms with Crippen LogP contribution in [0.1, 0.15) is 6.92 Å². The second-order valence-electron chi connectivity index (χ2n) is 1.07. The summed E-state index contributed by atoms with van der Waals surface area (Å²) in [5, 5.41) is 0. The van der Waals surface area contributed by atoms with Crippen LogP contribution < -0.4 is 0 Å². The molecule has 0 heterocycles. The van der Waals surface area contributed by atoms with E-state index in [9.17, 15) is 9.18 Å². The summed E-state index contributed by atoms with van der Waals surface area (Å²) in [6, 6.07) is 0. The summed E-state index contributed by atoms with van der Waals surface area (Å²) in [5.41, 5.74) is 0. The highest BCUT2D eigenvalue weighted by Crippen LogP contribution is 1.78. The van der Waals surface area contributed by atoms with Gasteiger partial charge < -0.3 is 9.47 Å².